The molecule has 0 spiro atoms. The number of benzene rings is 1. The first-order valence-corrected chi connectivity index (χ1v) is 7.93. The van der Waals surface area contributed by atoms with Crippen LogP contribution in [0.5, 0.6) is 0 Å². The van der Waals surface area contributed by atoms with Crippen molar-refractivity contribution in [3.63, 3.8) is 0 Å². The molecule has 0 unspecified atom stereocenters. The molecule has 1 aromatic carbocycles. The molecule has 0 aliphatic heterocycles. The van der Waals surface area contributed by atoms with Crippen molar-refractivity contribution in [3.05, 3.63) is 52.0 Å². The minimum Gasteiger partial charge on any atom is -0.361 e. The largest absolute Gasteiger partial charge is 0.361 e. The van der Waals surface area contributed by atoms with Gasteiger partial charge in [-0.1, -0.05) is 12.1 Å². The maximum atomic E-state index is 14.4. The average molecular weight is 290 g/mol. The Bertz CT molecular complexity index is 564. The van der Waals surface area contributed by atoms with E-state index in [1.165, 1.54) is 4.88 Å². The first-order valence-electron chi connectivity index (χ1n) is 7.05. The van der Waals surface area contributed by atoms with Crippen molar-refractivity contribution in [1.29, 1.82) is 0 Å². The van der Waals surface area contributed by atoms with Gasteiger partial charge in [0.1, 0.15) is 5.82 Å². The number of rotatable bonds is 6. The van der Waals surface area contributed by atoms with Gasteiger partial charge in [0.25, 0.3) is 0 Å². The smallest absolute Gasteiger partial charge is 0.146 e. The summed E-state index contributed by atoms with van der Waals surface area (Å²) in [5.41, 5.74) is 7.22. The molecule has 3 rings (SSSR count). The van der Waals surface area contributed by atoms with Gasteiger partial charge in [-0.15, -0.1) is 11.3 Å². The van der Waals surface area contributed by atoms with Gasteiger partial charge in [-0.3, -0.25) is 0 Å². The van der Waals surface area contributed by atoms with Gasteiger partial charge in [0.2, 0.25) is 0 Å². The summed E-state index contributed by atoms with van der Waals surface area (Å²) in [5, 5.41) is 2.07. The van der Waals surface area contributed by atoms with E-state index in [9.17, 15) is 4.39 Å². The van der Waals surface area contributed by atoms with E-state index >= 15 is 0 Å². The monoisotopic (exact) mass is 290 g/mol. The van der Waals surface area contributed by atoms with Crippen molar-refractivity contribution < 1.29 is 4.39 Å². The van der Waals surface area contributed by atoms with Crippen LogP contribution in [0.3, 0.4) is 0 Å². The van der Waals surface area contributed by atoms with E-state index in [1.807, 2.05) is 18.2 Å². The molecular formula is C16H19FN2S. The molecule has 0 atom stereocenters. The Morgan fingerprint density at radius 3 is 2.75 bits per heavy atom. The van der Waals surface area contributed by atoms with Gasteiger partial charge in [-0.2, -0.15) is 0 Å². The number of nitrogens with zero attached hydrogens (tertiary/aromatic N) is 1. The summed E-state index contributed by atoms with van der Waals surface area (Å²) >= 11 is 1.73. The van der Waals surface area contributed by atoms with E-state index < -0.39 is 0 Å². The minimum absolute atomic E-state index is 0.126. The molecule has 1 aromatic heterocycles. The van der Waals surface area contributed by atoms with E-state index in [1.54, 1.807) is 17.4 Å². The van der Waals surface area contributed by atoms with E-state index in [0.717, 1.165) is 37.1 Å². The lowest BCUT2D eigenvalue weighted by molar-refractivity contribution is 0.613. The number of anilines is 1. The maximum Gasteiger partial charge on any atom is 0.146 e. The van der Waals surface area contributed by atoms with Crippen molar-refractivity contribution in [3.8, 4) is 0 Å². The number of hydrogen-bond acceptors (Lipinski definition) is 3. The van der Waals surface area contributed by atoms with Crippen molar-refractivity contribution in [2.45, 2.75) is 31.8 Å². The Hall–Kier alpha value is -1.39. The lowest BCUT2D eigenvalue weighted by Gasteiger charge is -2.25. The molecule has 1 fully saturated rings. The van der Waals surface area contributed by atoms with Gasteiger partial charge in [0, 0.05) is 10.9 Å². The third-order valence-corrected chi connectivity index (χ3v) is 4.51. The molecule has 1 saturated carbocycles. The summed E-state index contributed by atoms with van der Waals surface area (Å²) in [4.78, 5) is 3.48. The molecule has 1 heterocycles. The summed E-state index contributed by atoms with van der Waals surface area (Å²) < 4.78 is 14.4. The quantitative estimate of drug-likeness (QED) is 0.881. The third kappa shape index (κ3) is 3.02. The maximum absolute atomic E-state index is 14.4. The molecule has 2 aromatic rings. The highest BCUT2D eigenvalue weighted by Crippen LogP contribution is 2.35. The highest BCUT2D eigenvalue weighted by molar-refractivity contribution is 7.09. The molecule has 1 aliphatic carbocycles. The average Bonchev–Trinajstić information content (AvgIpc) is 3.15. The summed E-state index contributed by atoms with van der Waals surface area (Å²) in [6, 6.07) is 10.2. The van der Waals surface area contributed by atoms with Crippen LogP contribution in [0.15, 0.2) is 35.7 Å². The van der Waals surface area contributed by atoms with Crippen molar-refractivity contribution in [1.82, 2.24) is 0 Å². The second kappa shape index (κ2) is 5.94. The fraction of sp³-hybridized carbons (Fsp3) is 0.375. The standard InChI is InChI=1S/C16H19FN2S/c17-15-10-12(7-8-18)3-6-16(15)19(13-4-5-13)11-14-2-1-9-20-14/h1-3,6,9-10,13H,4-5,7-8,11,18H2. The Balaban J connectivity index is 1.83. The van der Waals surface area contributed by atoms with Crippen LogP contribution in [0.4, 0.5) is 10.1 Å². The van der Waals surface area contributed by atoms with E-state index in [0.29, 0.717) is 12.6 Å². The zero-order valence-electron chi connectivity index (χ0n) is 11.4. The lowest BCUT2D eigenvalue weighted by atomic mass is 10.1. The van der Waals surface area contributed by atoms with Crippen LogP contribution in [-0.4, -0.2) is 12.6 Å². The van der Waals surface area contributed by atoms with Crippen LogP contribution in [0.2, 0.25) is 0 Å². The van der Waals surface area contributed by atoms with Gasteiger partial charge in [-0.05, 0) is 54.9 Å². The van der Waals surface area contributed by atoms with Gasteiger partial charge < -0.3 is 10.6 Å². The summed E-state index contributed by atoms with van der Waals surface area (Å²) in [5.74, 6) is -0.126. The number of nitrogens with two attached hydrogens (primary N) is 1. The Morgan fingerprint density at radius 1 is 1.30 bits per heavy atom. The summed E-state index contributed by atoms with van der Waals surface area (Å²) in [6.45, 7) is 1.36. The summed E-state index contributed by atoms with van der Waals surface area (Å²) in [6.07, 6.45) is 3.05. The van der Waals surface area contributed by atoms with Gasteiger partial charge in [-0.25, -0.2) is 4.39 Å². The van der Waals surface area contributed by atoms with Crippen LogP contribution < -0.4 is 10.6 Å². The molecule has 2 N–H and O–H groups in total. The van der Waals surface area contributed by atoms with E-state index in [4.69, 9.17) is 5.73 Å². The first kappa shape index (κ1) is 13.6. The summed E-state index contributed by atoms with van der Waals surface area (Å²) in [7, 11) is 0. The molecule has 4 heteroatoms. The van der Waals surface area contributed by atoms with Crippen molar-refractivity contribution >= 4 is 17.0 Å². The molecule has 0 saturated heterocycles. The predicted octanol–water partition coefficient (Wildman–Crippen LogP) is 3.56. The van der Waals surface area contributed by atoms with Crippen molar-refractivity contribution in [2.75, 3.05) is 11.4 Å². The Labute approximate surface area is 123 Å². The molecule has 1 aliphatic rings. The second-order valence-corrected chi connectivity index (χ2v) is 6.30. The number of halogens is 1. The first-order chi connectivity index (χ1) is 9.78. The third-order valence-electron chi connectivity index (χ3n) is 3.65. The zero-order chi connectivity index (χ0) is 13.9. The highest BCUT2D eigenvalue weighted by Gasteiger charge is 2.30. The fourth-order valence-electron chi connectivity index (χ4n) is 2.47. The topological polar surface area (TPSA) is 29.3 Å². The van der Waals surface area contributed by atoms with Gasteiger partial charge >= 0.3 is 0 Å². The normalized spacial score (nSPS) is 14.5. The molecule has 0 bridgehead atoms. The van der Waals surface area contributed by atoms with Crippen molar-refractivity contribution in [2.24, 2.45) is 5.73 Å². The number of hydrogen-bond donors (Lipinski definition) is 1. The lowest BCUT2D eigenvalue weighted by Crippen LogP contribution is -2.25. The minimum atomic E-state index is -0.126. The fourth-order valence-corrected chi connectivity index (χ4v) is 3.18. The molecule has 0 amide bonds. The highest BCUT2D eigenvalue weighted by atomic mass is 32.1. The van der Waals surface area contributed by atoms with Crippen LogP contribution >= 0.6 is 11.3 Å². The van der Waals surface area contributed by atoms with Gasteiger partial charge in [0.15, 0.2) is 0 Å². The predicted molar refractivity (Wildman–Crippen MR) is 82.7 cm³/mol. The van der Waals surface area contributed by atoms with Crippen LogP contribution in [0, 0.1) is 5.82 Å². The Kier molecular flexibility index (Phi) is 4.03. The van der Waals surface area contributed by atoms with E-state index in [-0.39, 0.29) is 5.82 Å². The molecule has 20 heavy (non-hydrogen) atoms. The van der Waals surface area contributed by atoms with E-state index in [2.05, 4.69) is 16.3 Å². The van der Waals surface area contributed by atoms with Crippen LogP contribution in [0.25, 0.3) is 0 Å². The molecular weight excluding hydrogens is 271 g/mol. The molecule has 2 nitrogen and oxygen atoms in total. The van der Waals surface area contributed by atoms with Crippen LogP contribution in [-0.2, 0) is 13.0 Å². The number of thiophene rings is 1. The Morgan fingerprint density at radius 2 is 2.15 bits per heavy atom. The SMILES string of the molecule is NCCc1ccc(N(Cc2cccs2)C2CC2)c(F)c1. The van der Waals surface area contributed by atoms with Gasteiger partial charge in [0.05, 0.1) is 12.2 Å². The van der Waals surface area contributed by atoms with Crippen LogP contribution in [0.1, 0.15) is 23.3 Å². The molecule has 0 radical (unpaired) electrons. The zero-order valence-corrected chi connectivity index (χ0v) is 12.2. The molecule has 106 valence electrons. The second-order valence-electron chi connectivity index (χ2n) is 5.26.